The highest BCUT2D eigenvalue weighted by molar-refractivity contribution is 5.80. The van der Waals surface area contributed by atoms with Crippen molar-refractivity contribution in [2.45, 2.75) is 19.8 Å². The largest absolute Gasteiger partial charge is 0.310 e. The maximum atomic E-state index is 2.33. The Kier molecular flexibility index (Phi) is 11.0. The molecule has 1 atom stereocenters. The lowest BCUT2D eigenvalue weighted by Gasteiger charge is -2.26. The van der Waals surface area contributed by atoms with Gasteiger partial charge in [-0.25, -0.2) is 0 Å². The maximum Gasteiger partial charge on any atom is 0.0464 e. The standard InChI is InChI=1S/C55H45N/c1-41-11-9-17-51(39-41)55(49-27-23-45(24-28-49)21-19-43-13-5-3-6-14-43)50-31-29-47(30-32-50)48-33-37-53(38-34-48)56(54-18-10-12-42(2)40-54)52-35-25-46(26-36-52)22-20-44-15-7-4-8-16-44/h3-40,55H,1-2H3. The average Bonchev–Trinajstić information content (AvgIpc) is 3.25. The predicted octanol–water partition coefficient (Wildman–Crippen LogP) is 15.0. The number of nitrogens with zero attached hydrogens (tertiary/aromatic N) is 1. The minimum Gasteiger partial charge on any atom is -0.310 e. The molecule has 1 heteroatoms. The van der Waals surface area contributed by atoms with E-state index < -0.39 is 0 Å². The van der Waals surface area contributed by atoms with Gasteiger partial charge in [-0.15, -0.1) is 0 Å². The number of anilines is 3. The second kappa shape index (κ2) is 17.0. The molecule has 1 nitrogen and oxygen atoms in total. The first-order chi connectivity index (χ1) is 27.6. The van der Waals surface area contributed by atoms with Gasteiger partial charge in [0.1, 0.15) is 0 Å². The Hall–Kier alpha value is -6.96. The molecule has 0 aliphatic heterocycles. The summed E-state index contributed by atoms with van der Waals surface area (Å²) in [5.41, 5.74) is 16.8. The fourth-order valence-corrected chi connectivity index (χ4v) is 7.36. The van der Waals surface area contributed by atoms with E-state index in [2.05, 4.69) is 237 Å². The number of aryl methyl sites for hydroxylation is 2. The maximum absolute atomic E-state index is 2.33. The third kappa shape index (κ3) is 8.70. The molecule has 1 unspecified atom stereocenters. The molecule has 0 saturated carbocycles. The van der Waals surface area contributed by atoms with Crippen LogP contribution >= 0.6 is 0 Å². The lowest BCUT2D eigenvalue weighted by Crippen LogP contribution is -2.10. The van der Waals surface area contributed by atoms with Crippen LogP contribution in [0.5, 0.6) is 0 Å². The third-order valence-electron chi connectivity index (χ3n) is 10.3. The van der Waals surface area contributed by atoms with Crippen LogP contribution in [0.2, 0.25) is 0 Å². The van der Waals surface area contributed by atoms with Crippen molar-refractivity contribution >= 4 is 41.4 Å². The van der Waals surface area contributed by atoms with E-state index in [4.69, 9.17) is 0 Å². The third-order valence-corrected chi connectivity index (χ3v) is 10.3. The van der Waals surface area contributed by atoms with E-state index in [9.17, 15) is 0 Å². The molecule has 0 bridgehead atoms. The van der Waals surface area contributed by atoms with E-state index in [0.29, 0.717) is 0 Å². The Labute approximate surface area is 332 Å². The van der Waals surface area contributed by atoms with E-state index in [0.717, 1.165) is 17.1 Å². The summed E-state index contributed by atoms with van der Waals surface area (Å²) >= 11 is 0. The van der Waals surface area contributed by atoms with Crippen LogP contribution in [-0.4, -0.2) is 0 Å². The van der Waals surface area contributed by atoms with Crippen LogP contribution in [0.1, 0.15) is 56.0 Å². The number of rotatable bonds is 11. The van der Waals surface area contributed by atoms with Gasteiger partial charge >= 0.3 is 0 Å². The summed E-state index contributed by atoms with van der Waals surface area (Å²) in [6, 6.07) is 74.4. The van der Waals surface area contributed by atoms with Crippen molar-refractivity contribution < 1.29 is 0 Å². The molecule has 8 rings (SSSR count). The summed E-state index contributed by atoms with van der Waals surface area (Å²) < 4.78 is 0. The van der Waals surface area contributed by atoms with Crippen molar-refractivity contribution in [2.75, 3.05) is 4.90 Å². The molecule has 0 spiro atoms. The lowest BCUT2D eigenvalue weighted by atomic mass is 9.84. The molecule has 0 radical (unpaired) electrons. The van der Waals surface area contributed by atoms with Crippen molar-refractivity contribution in [2.24, 2.45) is 0 Å². The Balaban J connectivity index is 1.05. The number of hydrogen-bond acceptors (Lipinski definition) is 1. The first-order valence-corrected chi connectivity index (χ1v) is 19.4. The smallest absolute Gasteiger partial charge is 0.0464 e. The topological polar surface area (TPSA) is 3.24 Å². The van der Waals surface area contributed by atoms with E-state index in [-0.39, 0.29) is 5.92 Å². The van der Waals surface area contributed by atoms with Gasteiger partial charge in [-0.1, -0.05) is 200 Å². The minimum absolute atomic E-state index is 0.126. The molecule has 0 aliphatic carbocycles. The zero-order chi connectivity index (χ0) is 38.1. The Morgan fingerprint density at radius 2 is 0.732 bits per heavy atom. The SMILES string of the molecule is Cc1cccc(C(c2ccc(C=Cc3ccccc3)cc2)c2ccc(-c3ccc(N(c4ccc(C=Cc5ccccc5)cc4)c4cccc(C)c4)cc3)cc2)c1. The van der Waals surface area contributed by atoms with Crippen molar-refractivity contribution in [3.05, 3.63) is 256 Å². The molecule has 0 fully saturated rings. The fourth-order valence-electron chi connectivity index (χ4n) is 7.36. The highest BCUT2D eigenvalue weighted by Crippen LogP contribution is 2.38. The van der Waals surface area contributed by atoms with Crippen LogP contribution in [0, 0.1) is 13.8 Å². The van der Waals surface area contributed by atoms with Crippen LogP contribution in [0.3, 0.4) is 0 Å². The second-order valence-electron chi connectivity index (χ2n) is 14.4. The van der Waals surface area contributed by atoms with Crippen molar-refractivity contribution in [1.29, 1.82) is 0 Å². The van der Waals surface area contributed by atoms with Crippen LogP contribution in [0.15, 0.2) is 206 Å². The van der Waals surface area contributed by atoms with Crippen molar-refractivity contribution in [3.63, 3.8) is 0 Å². The molecule has 270 valence electrons. The Morgan fingerprint density at radius 1 is 0.321 bits per heavy atom. The summed E-state index contributed by atoms with van der Waals surface area (Å²) in [6.45, 7) is 4.32. The number of benzene rings is 8. The summed E-state index contributed by atoms with van der Waals surface area (Å²) in [7, 11) is 0. The highest BCUT2D eigenvalue weighted by Gasteiger charge is 2.18. The Bertz CT molecular complexity index is 2360. The normalized spacial score (nSPS) is 11.9. The van der Waals surface area contributed by atoms with Gasteiger partial charge in [0.2, 0.25) is 0 Å². The summed E-state index contributed by atoms with van der Waals surface area (Å²) in [6.07, 6.45) is 8.68. The lowest BCUT2D eigenvalue weighted by molar-refractivity contribution is 0.974. The second-order valence-corrected chi connectivity index (χ2v) is 14.4. The van der Waals surface area contributed by atoms with E-state index in [1.54, 1.807) is 0 Å². The summed E-state index contributed by atoms with van der Waals surface area (Å²) in [4.78, 5) is 2.33. The van der Waals surface area contributed by atoms with Crippen LogP contribution in [-0.2, 0) is 0 Å². The first kappa shape index (κ1) is 36.0. The monoisotopic (exact) mass is 719 g/mol. The van der Waals surface area contributed by atoms with Crippen molar-refractivity contribution in [1.82, 2.24) is 0 Å². The van der Waals surface area contributed by atoms with Gasteiger partial charge in [-0.2, -0.15) is 0 Å². The van der Waals surface area contributed by atoms with Gasteiger partial charge in [0.15, 0.2) is 0 Å². The van der Waals surface area contributed by atoms with Crippen LogP contribution in [0.4, 0.5) is 17.1 Å². The molecule has 0 heterocycles. The molecule has 0 amide bonds. The molecular weight excluding hydrogens is 675 g/mol. The molecule has 0 aromatic heterocycles. The first-order valence-electron chi connectivity index (χ1n) is 19.4. The number of hydrogen-bond donors (Lipinski definition) is 0. The molecule has 0 saturated heterocycles. The molecular formula is C55H45N. The van der Waals surface area contributed by atoms with Gasteiger partial charge in [0.05, 0.1) is 0 Å². The highest BCUT2D eigenvalue weighted by atomic mass is 15.1. The molecule has 0 aliphatic rings. The predicted molar refractivity (Wildman–Crippen MR) is 241 cm³/mol. The summed E-state index contributed by atoms with van der Waals surface area (Å²) in [5, 5.41) is 0. The van der Waals surface area contributed by atoms with Gasteiger partial charge < -0.3 is 4.90 Å². The van der Waals surface area contributed by atoms with Crippen LogP contribution in [0.25, 0.3) is 35.4 Å². The zero-order valence-corrected chi connectivity index (χ0v) is 32.0. The van der Waals surface area contributed by atoms with Gasteiger partial charge in [0.25, 0.3) is 0 Å². The minimum atomic E-state index is 0.126. The van der Waals surface area contributed by atoms with Gasteiger partial charge in [-0.05, 0) is 106 Å². The fraction of sp³-hybridized carbons (Fsp3) is 0.0545. The van der Waals surface area contributed by atoms with Crippen LogP contribution < -0.4 is 4.90 Å². The quantitative estimate of drug-likeness (QED) is 0.0950. The van der Waals surface area contributed by atoms with E-state index in [1.165, 1.54) is 61.2 Å². The van der Waals surface area contributed by atoms with E-state index in [1.807, 2.05) is 12.1 Å². The van der Waals surface area contributed by atoms with Crippen molar-refractivity contribution in [3.8, 4) is 11.1 Å². The molecule has 0 N–H and O–H groups in total. The van der Waals surface area contributed by atoms with E-state index >= 15 is 0 Å². The molecule has 8 aromatic rings. The average molecular weight is 720 g/mol. The molecule has 56 heavy (non-hydrogen) atoms. The molecule has 8 aromatic carbocycles. The Morgan fingerprint density at radius 3 is 1.23 bits per heavy atom. The van der Waals surface area contributed by atoms with Gasteiger partial charge in [0, 0.05) is 23.0 Å². The summed E-state index contributed by atoms with van der Waals surface area (Å²) in [5.74, 6) is 0.126. The van der Waals surface area contributed by atoms with Gasteiger partial charge in [-0.3, -0.25) is 0 Å². The zero-order valence-electron chi connectivity index (χ0n) is 32.0.